The number of benzene rings is 1. The van der Waals surface area contributed by atoms with E-state index in [2.05, 4.69) is 12.2 Å². The van der Waals surface area contributed by atoms with Crippen LogP contribution in [0, 0.1) is 0 Å². The molecular weight excluding hydrogens is 460 g/mol. The van der Waals surface area contributed by atoms with Crippen molar-refractivity contribution in [3.8, 4) is 0 Å². The van der Waals surface area contributed by atoms with Gasteiger partial charge in [0, 0.05) is 31.8 Å². The predicted octanol–water partition coefficient (Wildman–Crippen LogP) is 3.14. The molecular formula is C27H44N4O5. The maximum Gasteiger partial charge on any atom is 0.320 e. The summed E-state index contributed by atoms with van der Waals surface area (Å²) in [7, 11) is 0. The Morgan fingerprint density at radius 3 is 2.14 bits per heavy atom. The van der Waals surface area contributed by atoms with E-state index in [1.54, 1.807) is 0 Å². The van der Waals surface area contributed by atoms with Crippen molar-refractivity contribution in [3.63, 3.8) is 0 Å². The fourth-order valence-electron chi connectivity index (χ4n) is 4.02. The Morgan fingerprint density at radius 2 is 1.61 bits per heavy atom. The first-order valence-corrected chi connectivity index (χ1v) is 12.8. The second kappa shape index (κ2) is 16.7. The number of aliphatic carboxylic acids is 2. The van der Waals surface area contributed by atoms with E-state index in [1.165, 1.54) is 0 Å². The van der Waals surface area contributed by atoms with Gasteiger partial charge in [0.15, 0.2) is 0 Å². The summed E-state index contributed by atoms with van der Waals surface area (Å²) in [6, 6.07) is 6.91. The monoisotopic (exact) mass is 504 g/mol. The molecule has 1 rings (SSSR count). The van der Waals surface area contributed by atoms with Crippen LogP contribution in [0.5, 0.6) is 0 Å². The van der Waals surface area contributed by atoms with Crippen molar-refractivity contribution in [1.29, 1.82) is 0 Å². The van der Waals surface area contributed by atoms with Crippen LogP contribution in [0.4, 0.5) is 0 Å². The minimum absolute atomic E-state index is 0.0734. The number of hydrogen-bond donors (Lipinski definition) is 4. The van der Waals surface area contributed by atoms with Crippen LogP contribution in [0.25, 0.3) is 5.70 Å². The van der Waals surface area contributed by atoms with E-state index < -0.39 is 18.0 Å². The summed E-state index contributed by atoms with van der Waals surface area (Å²) >= 11 is 0. The Hall–Kier alpha value is -2.91. The Morgan fingerprint density at radius 1 is 0.972 bits per heavy atom. The fraction of sp³-hybridized carbons (Fsp3) is 0.593. The highest BCUT2D eigenvalue weighted by Gasteiger charge is 2.26. The summed E-state index contributed by atoms with van der Waals surface area (Å²) in [5.74, 6) is -2.08. The molecule has 0 saturated carbocycles. The van der Waals surface area contributed by atoms with Gasteiger partial charge in [0.05, 0.1) is 6.54 Å². The van der Waals surface area contributed by atoms with E-state index in [-0.39, 0.29) is 25.3 Å². The minimum atomic E-state index is -0.972. The standard InChI is InChI=1S/C27H44N4O5/c1-5-14-30(19-25(33)34)16-17-31(15-6-2)23(27(35)36)12-13-24(32)29-18-21-8-10-22(11-9-21)26(28)20(4)7-3/h8-11,23H,5-7,12-19,28H2,1-4H3,(H,29,32)(H,33,34)(H,35,36)/b26-20+. The molecule has 1 aromatic rings. The highest BCUT2D eigenvalue weighted by Crippen LogP contribution is 2.16. The van der Waals surface area contributed by atoms with E-state index in [0.29, 0.717) is 32.7 Å². The van der Waals surface area contributed by atoms with E-state index in [4.69, 9.17) is 10.8 Å². The van der Waals surface area contributed by atoms with Crippen LogP contribution in [-0.2, 0) is 20.9 Å². The van der Waals surface area contributed by atoms with Crippen molar-refractivity contribution in [3.05, 3.63) is 41.0 Å². The van der Waals surface area contributed by atoms with Crippen LogP contribution in [0.1, 0.15) is 70.9 Å². The minimum Gasteiger partial charge on any atom is -0.480 e. The van der Waals surface area contributed by atoms with Crippen LogP contribution in [0.15, 0.2) is 29.8 Å². The van der Waals surface area contributed by atoms with Crippen molar-refractivity contribution < 1.29 is 24.6 Å². The van der Waals surface area contributed by atoms with Gasteiger partial charge in [-0.3, -0.25) is 24.2 Å². The number of carbonyl (C=O) groups is 3. The van der Waals surface area contributed by atoms with Crippen molar-refractivity contribution in [2.24, 2.45) is 5.73 Å². The Bertz CT molecular complexity index is 869. The van der Waals surface area contributed by atoms with Crippen LogP contribution >= 0.6 is 0 Å². The number of carboxylic acid groups (broad SMARTS) is 2. The fourth-order valence-corrected chi connectivity index (χ4v) is 4.02. The number of nitrogens with one attached hydrogen (secondary N) is 1. The highest BCUT2D eigenvalue weighted by atomic mass is 16.4. The van der Waals surface area contributed by atoms with Crippen molar-refractivity contribution >= 4 is 23.5 Å². The van der Waals surface area contributed by atoms with Gasteiger partial charge in [-0.15, -0.1) is 0 Å². The summed E-state index contributed by atoms with van der Waals surface area (Å²) in [5, 5.41) is 21.8. The van der Waals surface area contributed by atoms with Crippen LogP contribution in [0.3, 0.4) is 0 Å². The maximum atomic E-state index is 12.5. The van der Waals surface area contributed by atoms with Gasteiger partial charge in [-0.1, -0.05) is 50.6 Å². The lowest BCUT2D eigenvalue weighted by atomic mass is 10.0. The van der Waals surface area contributed by atoms with E-state index in [0.717, 1.165) is 41.7 Å². The molecule has 1 aromatic carbocycles. The average Bonchev–Trinajstić information content (AvgIpc) is 2.84. The molecule has 0 radical (unpaired) electrons. The second-order valence-corrected chi connectivity index (χ2v) is 9.12. The van der Waals surface area contributed by atoms with Crippen molar-refractivity contribution in [1.82, 2.24) is 15.1 Å². The lowest BCUT2D eigenvalue weighted by molar-refractivity contribution is -0.144. The number of amides is 1. The van der Waals surface area contributed by atoms with Gasteiger partial charge in [0.1, 0.15) is 6.04 Å². The van der Waals surface area contributed by atoms with Crippen LogP contribution in [-0.4, -0.2) is 76.6 Å². The highest BCUT2D eigenvalue weighted by molar-refractivity contribution is 5.78. The molecule has 5 N–H and O–H groups in total. The first kappa shape index (κ1) is 31.1. The Balaban J connectivity index is 2.68. The number of rotatable bonds is 18. The van der Waals surface area contributed by atoms with Gasteiger partial charge in [0.25, 0.3) is 0 Å². The summed E-state index contributed by atoms with van der Waals surface area (Å²) in [5.41, 5.74) is 9.94. The zero-order valence-electron chi connectivity index (χ0n) is 22.3. The summed E-state index contributed by atoms with van der Waals surface area (Å²) < 4.78 is 0. The third-order valence-corrected chi connectivity index (χ3v) is 6.23. The molecule has 1 amide bonds. The van der Waals surface area contributed by atoms with Crippen LogP contribution < -0.4 is 11.1 Å². The topological polar surface area (TPSA) is 136 Å². The third kappa shape index (κ3) is 11.2. The molecule has 202 valence electrons. The zero-order chi connectivity index (χ0) is 27.1. The smallest absolute Gasteiger partial charge is 0.320 e. The first-order chi connectivity index (χ1) is 17.1. The molecule has 0 aliphatic carbocycles. The van der Waals surface area contributed by atoms with Crippen molar-refractivity contribution in [2.75, 3.05) is 32.7 Å². The van der Waals surface area contributed by atoms with Gasteiger partial charge in [-0.25, -0.2) is 0 Å². The summed E-state index contributed by atoms with van der Waals surface area (Å²) in [6.07, 6.45) is 2.74. The molecule has 0 heterocycles. The SMILES string of the molecule is CCCN(CCN(CCC)C(CCC(=O)NCc1ccc(/C(N)=C(/C)CC)cc1)C(=O)O)CC(=O)O. The molecule has 36 heavy (non-hydrogen) atoms. The molecule has 1 unspecified atom stereocenters. The quantitative estimate of drug-likeness (QED) is 0.239. The molecule has 0 saturated heterocycles. The van der Waals surface area contributed by atoms with Crippen LogP contribution in [0.2, 0.25) is 0 Å². The predicted molar refractivity (Wildman–Crippen MR) is 142 cm³/mol. The molecule has 0 aromatic heterocycles. The molecule has 9 heteroatoms. The van der Waals surface area contributed by atoms with Gasteiger partial charge in [-0.2, -0.15) is 0 Å². The maximum absolute atomic E-state index is 12.5. The number of carboxylic acids is 2. The summed E-state index contributed by atoms with van der Waals surface area (Å²) in [4.78, 5) is 39.3. The van der Waals surface area contributed by atoms with E-state index >= 15 is 0 Å². The van der Waals surface area contributed by atoms with Gasteiger partial charge in [0.2, 0.25) is 5.91 Å². The number of hydrogen-bond acceptors (Lipinski definition) is 6. The zero-order valence-corrected chi connectivity index (χ0v) is 22.3. The second-order valence-electron chi connectivity index (χ2n) is 9.12. The van der Waals surface area contributed by atoms with Gasteiger partial charge >= 0.3 is 11.9 Å². The number of allylic oxidation sites excluding steroid dienone is 1. The number of carbonyl (C=O) groups excluding carboxylic acids is 1. The van der Waals surface area contributed by atoms with E-state index in [1.807, 2.05) is 54.8 Å². The summed E-state index contributed by atoms with van der Waals surface area (Å²) in [6.45, 7) is 10.4. The molecule has 9 nitrogen and oxygen atoms in total. The lowest BCUT2D eigenvalue weighted by Crippen LogP contribution is -2.46. The molecule has 0 bridgehead atoms. The molecule has 0 spiro atoms. The van der Waals surface area contributed by atoms with Gasteiger partial charge < -0.3 is 21.3 Å². The van der Waals surface area contributed by atoms with Crippen molar-refractivity contribution in [2.45, 2.75) is 72.4 Å². The number of nitrogens with two attached hydrogens (primary N) is 1. The van der Waals surface area contributed by atoms with E-state index in [9.17, 15) is 19.5 Å². The average molecular weight is 505 g/mol. The van der Waals surface area contributed by atoms with Gasteiger partial charge in [-0.05, 0) is 56.8 Å². The Kier molecular flexibility index (Phi) is 14.4. The first-order valence-electron chi connectivity index (χ1n) is 12.8. The normalized spacial score (nSPS) is 12.9. The molecule has 0 fully saturated rings. The lowest BCUT2D eigenvalue weighted by Gasteiger charge is -2.31. The molecule has 0 aliphatic heterocycles. The third-order valence-electron chi connectivity index (χ3n) is 6.23. The molecule has 1 atom stereocenters. The largest absolute Gasteiger partial charge is 0.480 e. The molecule has 0 aliphatic rings. The Labute approximate surface area is 215 Å². The number of nitrogens with zero attached hydrogens (tertiary/aromatic N) is 2.